The van der Waals surface area contributed by atoms with E-state index in [0.29, 0.717) is 12.2 Å². The van der Waals surface area contributed by atoms with Crippen LogP contribution in [-0.2, 0) is 24.1 Å². The molecule has 0 aliphatic rings. The van der Waals surface area contributed by atoms with Gasteiger partial charge in [-0.05, 0) is 59.0 Å². The minimum atomic E-state index is 0.248. The molecule has 1 heterocycles. The van der Waals surface area contributed by atoms with E-state index >= 15 is 0 Å². The average molecular weight is 592 g/mol. The van der Waals surface area contributed by atoms with E-state index in [2.05, 4.69) is 107 Å². The third kappa shape index (κ3) is 9.60. The molecular formula is C39H45NO4. The lowest BCUT2D eigenvalue weighted by atomic mass is 9.90. The first-order chi connectivity index (χ1) is 21.5. The smallest absolute Gasteiger partial charge is 0.134 e. The number of methoxy groups -OCH3 is 2. The number of nitrogens with zero attached hydrogens (tertiary/aromatic N) is 1. The lowest BCUT2D eigenvalue weighted by molar-refractivity contribution is 0.255. The molecule has 0 aliphatic carbocycles. The van der Waals surface area contributed by atoms with Crippen LogP contribution >= 0.6 is 0 Å². The summed E-state index contributed by atoms with van der Waals surface area (Å²) in [6, 6.07) is 38.3. The number of aliphatic hydroxyl groups excluding tert-OH is 1. The van der Waals surface area contributed by atoms with Gasteiger partial charge in [0.15, 0.2) is 0 Å². The molecule has 1 N–H and O–H groups in total. The Labute approximate surface area is 262 Å². The molecule has 0 unspecified atom stereocenters. The molecule has 0 radical (unpaired) electrons. The highest BCUT2D eigenvalue weighted by Crippen LogP contribution is 2.28. The summed E-state index contributed by atoms with van der Waals surface area (Å²) < 4.78 is 15.9. The highest BCUT2D eigenvalue weighted by molar-refractivity contribution is 5.78. The van der Waals surface area contributed by atoms with Crippen molar-refractivity contribution in [1.29, 1.82) is 0 Å². The van der Waals surface area contributed by atoms with E-state index in [4.69, 9.17) is 9.15 Å². The van der Waals surface area contributed by atoms with E-state index in [1.807, 2.05) is 25.1 Å². The number of furan rings is 1. The normalized spacial score (nSPS) is 11.5. The first kappa shape index (κ1) is 32.6. The summed E-state index contributed by atoms with van der Waals surface area (Å²) in [5.74, 6) is 2.49. The van der Waals surface area contributed by atoms with Crippen molar-refractivity contribution in [1.82, 2.24) is 4.90 Å². The number of hydrogen-bond donors (Lipinski definition) is 1. The fourth-order valence-corrected chi connectivity index (χ4v) is 5.41. The van der Waals surface area contributed by atoms with Gasteiger partial charge in [0.1, 0.15) is 17.1 Å². The van der Waals surface area contributed by atoms with Gasteiger partial charge in [0.2, 0.25) is 0 Å². The Morgan fingerprint density at radius 1 is 0.818 bits per heavy atom. The second kappa shape index (κ2) is 17.1. The van der Waals surface area contributed by atoms with E-state index in [1.54, 1.807) is 21.3 Å². The molecule has 0 bridgehead atoms. The van der Waals surface area contributed by atoms with Crippen LogP contribution in [0.3, 0.4) is 0 Å². The Morgan fingerprint density at radius 2 is 1.43 bits per heavy atom. The zero-order valence-corrected chi connectivity index (χ0v) is 26.4. The maximum absolute atomic E-state index is 10.1. The van der Waals surface area contributed by atoms with E-state index < -0.39 is 0 Å². The Bertz CT molecular complexity index is 1520. The van der Waals surface area contributed by atoms with E-state index in [9.17, 15) is 5.11 Å². The number of fused-ring (bicyclic) bond motifs is 1. The van der Waals surface area contributed by atoms with Gasteiger partial charge >= 0.3 is 0 Å². The zero-order chi connectivity index (χ0) is 31.1. The van der Waals surface area contributed by atoms with Crippen molar-refractivity contribution >= 4 is 11.0 Å². The van der Waals surface area contributed by atoms with Crippen LogP contribution in [0.2, 0.25) is 0 Å². The maximum atomic E-state index is 10.1. The quantitative estimate of drug-likeness (QED) is 0.139. The molecule has 0 amide bonds. The first-order valence-corrected chi connectivity index (χ1v) is 15.3. The van der Waals surface area contributed by atoms with Crippen LogP contribution in [0, 0.1) is 0 Å². The molecule has 0 saturated heterocycles. The Kier molecular flexibility index (Phi) is 12.7. The standard InChI is InChI=1S/C37H39NO3.C2H6O/c1-3-10-33(39)23-29-15-18-32-25-35(41-37(32)24-29)21-22-38(26-28-16-19-34(40-2)20-17-28)27-36(30-11-6-4-7-12-30)31-13-8-5-9-14-31;1-3-2/h4-20,24-25,36,39H,3,21-23,26-27H2,1-2H3;1-2H3/b33-10-;. The first-order valence-electron chi connectivity index (χ1n) is 15.3. The van der Waals surface area contributed by atoms with Crippen molar-refractivity contribution in [3.63, 3.8) is 0 Å². The molecule has 0 atom stereocenters. The fourth-order valence-electron chi connectivity index (χ4n) is 5.41. The SMILES string of the molecule is CC/C=C(\O)Cc1ccc2cc(CCN(Cc3ccc(OC)cc3)CC(c3ccccc3)c3ccccc3)oc2c1.COC. The van der Waals surface area contributed by atoms with Gasteiger partial charge in [0.05, 0.1) is 12.9 Å². The van der Waals surface area contributed by atoms with Crippen molar-refractivity contribution in [2.24, 2.45) is 0 Å². The van der Waals surface area contributed by atoms with Crippen LogP contribution in [0.4, 0.5) is 0 Å². The van der Waals surface area contributed by atoms with Gasteiger partial charge in [-0.1, -0.05) is 91.9 Å². The summed E-state index contributed by atoms with van der Waals surface area (Å²) in [5, 5.41) is 11.2. The van der Waals surface area contributed by atoms with Crippen LogP contribution < -0.4 is 4.74 Å². The van der Waals surface area contributed by atoms with Gasteiger partial charge in [-0.25, -0.2) is 0 Å². The summed E-state index contributed by atoms with van der Waals surface area (Å²) in [4.78, 5) is 2.53. The fraction of sp³-hybridized carbons (Fsp3) is 0.282. The molecule has 5 aromatic rings. The van der Waals surface area contributed by atoms with E-state index in [1.165, 1.54) is 16.7 Å². The Balaban J connectivity index is 0.00000141. The second-order valence-corrected chi connectivity index (χ2v) is 11.0. The van der Waals surface area contributed by atoms with Gasteiger partial charge < -0.3 is 19.0 Å². The Morgan fingerprint density at radius 3 is 2.02 bits per heavy atom. The molecule has 0 fully saturated rings. The predicted molar refractivity (Wildman–Crippen MR) is 181 cm³/mol. The molecule has 44 heavy (non-hydrogen) atoms. The predicted octanol–water partition coefficient (Wildman–Crippen LogP) is 8.98. The molecule has 0 spiro atoms. The number of rotatable bonds is 13. The molecule has 0 aliphatic heterocycles. The third-order valence-electron chi connectivity index (χ3n) is 7.54. The topological polar surface area (TPSA) is 55.1 Å². The van der Waals surface area contributed by atoms with Gasteiger partial charge in [-0.15, -0.1) is 0 Å². The largest absolute Gasteiger partial charge is 0.512 e. The van der Waals surface area contributed by atoms with E-state index in [-0.39, 0.29) is 5.92 Å². The number of allylic oxidation sites excluding steroid dienone is 2. The van der Waals surface area contributed by atoms with E-state index in [0.717, 1.165) is 60.5 Å². The monoisotopic (exact) mass is 591 g/mol. The summed E-state index contributed by atoms with van der Waals surface area (Å²) in [6.45, 7) is 4.59. The summed E-state index contributed by atoms with van der Waals surface area (Å²) in [6.07, 6.45) is 4.00. The lowest BCUT2D eigenvalue weighted by Crippen LogP contribution is -2.31. The van der Waals surface area contributed by atoms with Crippen LogP contribution in [0.5, 0.6) is 5.75 Å². The highest BCUT2D eigenvalue weighted by Gasteiger charge is 2.19. The molecule has 5 nitrogen and oxygen atoms in total. The second-order valence-electron chi connectivity index (χ2n) is 11.0. The van der Waals surface area contributed by atoms with Gasteiger partial charge in [0, 0.05) is 58.0 Å². The highest BCUT2D eigenvalue weighted by atomic mass is 16.5. The van der Waals surface area contributed by atoms with Crippen LogP contribution in [0.15, 0.2) is 125 Å². The molecule has 230 valence electrons. The maximum Gasteiger partial charge on any atom is 0.134 e. The zero-order valence-electron chi connectivity index (χ0n) is 26.4. The lowest BCUT2D eigenvalue weighted by Gasteiger charge is -2.28. The number of aliphatic hydroxyl groups is 1. The third-order valence-corrected chi connectivity index (χ3v) is 7.54. The molecule has 1 aromatic heterocycles. The number of benzene rings is 4. The minimum absolute atomic E-state index is 0.248. The minimum Gasteiger partial charge on any atom is -0.512 e. The van der Waals surface area contributed by atoms with Crippen molar-refractivity contribution in [3.8, 4) is 5.75 Å². The molecular weight excluding hydrogens is 546 g/mol. The molecule has 4 aromatic carbocycles. The van der Waals surface area contributed by atoms with Crippen LogP contribution in [0.1, 0.15) is 47.3 Å². The number of hydrogen-bond acceptors (Lipinski definition) is 5. The average Bonchev–Trinajstić information content (AvgIpc) is 3.46. The van der Waals surface area contributed by atoms with Gasteiger partial charge in [0.25, 0.3) is 0 Å². The molecule has 5 heteroatoms. The van der Waals surface area contributed by atoms with Crippen molar-refractivity contribution in [2.45, 2.75) is 38.6 Å². The van der Waals surface area contributed by atoms with Crippen molar-refractivity contribution in [3.05, 3.63) is 149 Å². The number of ether oxygens (including phenoxy) is 2. The van der Waals surface area contributed by atoms with Crippen molar-refractivity contribution in [2.75, 3.05) is 34.4 Å². The summed E-state index contributed by atoms with van der Waals surface area (Å²) in [5.41, 5.74) is 5.80. The summed E-state index contributed by atoms with van der Waals surface area (Å²) >= 11 is 0. The van der Waals surface area contributed by atoms with Crippen molar-refractivity contribution < 1.29 is 19.0 Å². The Hall–Kier alpha value is -4.32. The van der Waals surface area contributed by atoms with Crippen LogP contribution in [-0.4, -0.2) is 44.4 Å². The molecule has 0 saturated carbocycles. The van der Waals surface area contributed by atoms with Crippen LogP contribution in [0.25, 0.3) is 11.0 Å². The summed E-state index contributed by atoms with van der Waals surface area (Å²) in [7, 11) is 4.95. The van der Waals surface area contributed by atoms with Gasteiger partial charge in [-0.2, -0.15) is 0 Å². The molecule has 5 rings (SSSR count). The van der Waals surface area contributed by atoms with Gasteiger partial charge in [-0.3, -0.25) is 4.90 Å².